The highest BCUT2D eigenvalue weighted by atomic mass is 35.5. The second kappa shape index (κ2) is 4.76. The minimum Gasteiger partial charge on any atom is -0.377 e. The summed E-state index contributed by atoms with van der Waals surface area (Å²) >= 11 is 5.90. The number of aldehydes is 1. The first-order valence-corrected chi connectivity index (χ1v) is 5.83. The van der Waals surface area contributed by atoms with E-state index in [2.05, 4.69) is 17.1 Å². The van der Waals surface area contributed by atoms with E-state index in [4.69, 9.17) is 11.6 Å². The molecule has 0 saturated heterocycles. The van der Waals surface area contributed by atoms with E-state index in [0.29, 0.717) is 10.6 Å². The van der Waals surface area contributed by atoms with Gasteiger partial charge < -0.3 is 4.90 Å². The van der Waals surface area contributed by atoms with Gasteiger partial charge in [0, 0.05) is 30.4 Å². The molecule has 1 aromatic rings. The Morgan fingerprint density at radius 1 is 1.35 bits per heavy atom. The Morgan fingerprint density at radius 3 is 2.76 bits per heavy atom. The van der Waals surface area contributed by atoms with Crippen LogP contribution in [0, 0.1) is 0 Å². The smallest absolute Gasteiger partial charge is 0.150 e. The quantitative estimate of drug-likeness (QED) is 0.764. The normalized spacial score (nSPS) is 14.3. The van der Waals surface area contributed by atoms with Gasteiger partial charge in [-0.05, 0) is 35.8 Å². The van der Waals surface area contributed by atoms with E-state index >= 15 is 0 Å². The largest absolute Gasteiger partial charge is 0.377 e. The Kier molecular flexibility index (Phi) is 3.34. The van der Waals surface area contributed by atoms with E-state index in [1.807, 2.05) is 26.2 Å². The van der Waals surface area contributed by atoms with Crippen molar-refractivity contribution in [2.45, 2.75) is 6.42 Å². The van der Waals surface area contributed by atoms with Gasteiger partial charge in [0.05, 0.1) is 0 Å². The molecule has 0 unspecified atom stereocenters. The van der Waals surface area contributed by atoms with Crippen LogP contribution in [0.25, 0.3) is 5.57 Å². The maximum atomic E-state index is 11.1. The van der Waals surface area contributed by atoms with Gasteiger partial charge in [0.25, 0.3) is 0 Å². The van der Waals surface area contributed by atoms with Crippen LogP contribution in [-0.2, 0) is 0 Å². The van der Waals surface area contributed by atoms with Crippen molar-refractivity contribution < 1.29 is 4.79 Å². The molecule has 0 N–H and O–H groups in total. The Balaban J connectivity index is 2.55. The van der Waals surface area contributed by atoms with Crippen LogP contribution in [0.3, 0.4) is 0 Å². The molecule has 1 aromatic carbocycles. The molecule has 0 radical (unpaired) electrons. The standard InChI is InChI=1S/C14H14ClNO/c1-16(2)14-5-3-4-13(14)12-7-6-11(15)8-10(12)9-17/h3,5-9H,4H2,1-2H3. The zero-order chi connectivity index (χ0) is 12.4. The van der Waals surface area contributed by atoms with Crippen LogP contribution < -0.4 is 0 Å². The third-order valence-electron chi connectivity index (χ3n) is 2.85. The van der Waals surface area contributed by atoms with Gasteiger partial charge in [-0.25, -0.2) is 0 Å². The number of nitrogens with zero attached hydrogens (tertiary/aromatic N) is 1. The Bertz CT molecular complexity index is 515. The van der Waals surface area contributed by atoms with Crippen LogP contribution in [0.1, 0.15) is 22.3 Å². The number of carbonyl (C=O) groups is 1. The van der Waals surface area contributed by atoms with Gasteiger partial charge in [-0.3, -0.25) is 4.79 Å². The number of hydrogen-bond donors (Lipinski definition) is 0. The topological polar surface area (TPSA) is 20.3 Å². The first kappa shape index (κ1) is 11.9. The lowest BCUT2D eigenvalue weighted by atomic mass is 9.98. The Morgan fingerprint density at radius 2 is 2.12 bits per heavy atom. The molecular weight excluding hydrogens is 234 g/mol. The SMILES string of the molecule is CN(C)C1=C(c2ccc(Cl)cc2C=O)CC=C1. The molecule has 17 heavy (non-hydrogen) atoms. The van der Waals surface area contributed by atoms with Crippen molar-refractivity contribution in [1.82, 2.24) is 4.90 Å². The van der Waals surface area contributed by atoms with Crippen molar-refractivity contribution in [2.24, 2.45) is 0 Å². The number of rotatable bonds is 3. The summed E-state index contributed by atoms with van der Waals surface area (Å²) < 4.78 is 0. The summed E-state index contributed by atoms with van der Waals surface area (Å²) in [6, 6.07) is 5.45. The summed E-state index contributed by atoms with van der Waals surface area (Å²) in [5.74, 6) is 0. The second-order valence-corrected chi connectivity index (χ2v) is 4.65. The van der Waals surface area contributed by atoms with Crippen LogP contribution in [0.2, 0.25) is 5.02 Å². The summed E-state index contributed by atoms with van der Waals surface area (Å²) in [4.78, 5) is 13.2. The van der Waals surface area contributed by atoms with Gasteiger partial charge in [-0.1, -0.05) is 23.7 Å². The van der Waals surface area contributed by atoms with Gasteiger partial charge in [-0.15, -0.1) is 0 Å². The third-order valence-corrected chi connectivity index (χ3v) is 3.09. The first-order valence-electron chi connectivity index (χ1n) is 5.45. The molecule has 0 saturated carbocycles. The molecule has 0 amide bonds. The van der Waals surface area contributed by atoms with Crippen LogP contribution >= 0.6 is 11.6 Å². The van der Waals surface area contributed by atoms with Crippen molar-refractivity contribution in [1.29, 1.82) is 0 Å². The van der Waals surface area contributed by atoms with Gasteiger partial charge >= 0.3 is 0 Å². The molecule has 2 nitrogen and oxygen atoms in total. The second-order valence-electron chi connectivity index (χ2n) is 4.21. The van der Waals surface area contributed by atoms with Crippen molar-refractivity contribution in [2.75, 3.05) is 14.1 Å². The van der Waals surface area contributed by atoms with Crippen LogP contribution in [-0.4, -0.2) is 25.3 Å². The highest BCUT2D eigenvalue weighted by Gasteiger charge is 2.15. The van der Waals surface area contributed by atoms with Crippen LogP contribution in [0.15, 0.2) is 36.0 Å². The molecule has 1 aliphatic carbocycles. The molecule has 0 fully saturated rings. The molecular formula is C14H14ClNO. The minimum atomic E-state index is 0.591. The number of carbonyl (C=O) groups excluding carboxylic acids is 1. The summed E-state index contributed by atoms with van der Waals surface area (Å²) in [5.41, 5.74) is 3.94. The monoisotopic (exact) mass is 247 g/mol. The maximum absolute atomic E-state index is 11.1. The molecule has 0 bridgehead atoms. The Hall–Kier alpha value is -1.54. The lowest BCUT2D eigenvalue weighted by molar-refractivity contribution is 0.112. The van der Waals surface area contributed by atoms with E-state index < -0.39 is 0 Å². The lowest BCUT2D eigenvalue weighted by Gasteiger charge is -2.17. The molecule has 0 spiro atoms. The number of likely N-dealkylation sites (N-methyl/N-ethyl adjacent to an activating group) is 1. The average molecular weight is 248 g/mol. The first-order chi connectivity index (χ1) is 8.13. The van der Waals surface area contributed by atoms with E-state index in [0.717, 1.165) is 24.0 Å². The van der Waals surface area contributed by atoms with E-state index in [1.54, 1.807) is 6.07 Å². The minimum absolute atomic E-state index is 0.591. The molecule has 0 aliphatic heterocycles. The number of halogens is 1. The molecule has 0 heterocycles. The fourth-order valence-electron chi connectivity index (χ4n) is 2.07. The maximum Gasteiger partial charge on any atom is 0.150 e. The van der Waals surface area contributed by atoms with Crippen LogP contribution in [0.5, 0.6) is 0 Å². The van der Waals surface area contributed by atoms with Crippen molar-refractivity contribution in [3.8, 4) is 0 Å². The zero-order valence-corrected chi connectivity index (χ0v) is 10.7. The molecule has 0 aromatic heterocycles. The summed E-state index contributed by atoms with van der Waals surface area (Å²) in [7, 11) is 4.00. The van der Waals surface area contributed by atoms with E-state index in [-0.39, 0.29) is 0 Å². The lowest BCUT2D eigenvalue weighted by Crippen LogP contribution is -2.10. The fourth-order valence-corrected chi connectivity index (χ4v) is 2.25. The summed E-state index contributed by atoms with van der Waals surface area (Å²) in [5, 5.41) is 0.591. The van der Waals surface area contributed by atoms with Gasteiger partial charge in [0.2, 0.25) is 0 Å². The summed E-state index contributed by atoms with van der Waals surface area (Å²) in [6.07, 6.45) is 5.90. The molecule has 88 valence electrons. The van der Waals surface area contributed by atoms with E-state index in [1.165, 1.54) is 5.57 Å². The Labute approximate surface area is 106 Å². The van der Waals surface area contributed by atoms with E-state index in [9.17, 15) is 4.79 Å². The zero-order valence-electron chi connectivity index (χ0n) is 9.90. The predicted octanol–water partition coefficient (Wildman–Crippen LogP) is 3.39. The highest BCUT2D eigenvalue weighted by molar-refractivity contribution is 6.30. The number of benzene rings is 1. The molecule has 1 aliphatic rings. The fraction of sp³-hybridized carbons (Fsp3) is 0.214. The third kappa shape index (κ3) is 2.27. The van der Waals surface area contributed by atoms with Gasteiger partial charge in [-0.2, -0.15) is 0 Å². The number of hydrogen-bond acceptors (Lipinski definition) is 2. The van der Waals surface area contributed by atoms with Crippen molar-refractivity contribution in [3.63, 3.8) is 0 Å². The highest BCUT2D eigenvalue weighted by Crippen LogP contribution is 2.32. The van der Waals surface area contributed by atoms with Crippen LogP contribution in [0.4, 0.5) is 0 Å². The molecule has 0 atom stereocenters. The van der Waals surface area contributed by atoms with Crippen molar-refractivity contribution in [3.05, 3.63) is 52.2 Å². The summed E-state index contributed by atoms with van der Waals surface area (Å²) in [6.45, 7) is 0. The molecule has 3 heteroatoms. The van der Waals surface area contributed by atoms with Crippen molar-refractivity contribution >= 4 is 23.5 Å². The average Bonchev–Trinajstić information content (AvgIpc) is 2.77. The number of allylic oxidation sites excluding steroid dienone is 3. The predicted molar refractivity (Wildman–Crippen MR) is 71.2 cm³/mol. The van der Waals surface area contributed by atoms with Gasteiger partial charge in [0.1, 0.15) is 0 Å². The van der Waals surface area contributed by atoms with Gasteiger partial charge in [0.15, 0.2) is 6.29 Å². The molecule has 2 rings (SSSR count).